The lowest BCUT2D eigenvalue weighted by Crippen LogP contribution is -2.43. The van der Waals surface area contributed by atoms with E-state index in [4.69, 9.17) is 15.2 Å². The molecule has 5 N–H and O–H groups in total. The van der Waals surface area contributed by atoms with Gasteiger partial charge in [0, 0.05) is 25.6 Å². The van der Waals surface area contributed by atoms with Gasteiger partial charge in [-0.25, -0.2) is 19.7 Å². The lowest BCUT2D eigenvalue weighted by atomic mass is 9.91. The molecule has 2 aliphatic carbocycles. The van der Waals surface area contributed by atoms with Gasteiger partial charge in [-0.1, -0.05) is 26.7 Å². The molecule has 0 radical (unpaired) electrons. The Kier molecular flexibility index (Phi) is 10.3. The first-order chi connectivity index (χ1) is 20.9. The number of imidazole rings is 1. The summed E-state index contributed by atoms with van der Waals surface area (Å²) in [5.41, 5.74) is 6.96. The highest BCUT2D eigenvalue weighted by Gasteiger charge is 2.48. The van der Waals surface area contributed by atoms with Crippen LogP contribution in [0.25, 0.3) is 11.2 Å². The number of anilines is 1. The Balaban J connectivity index is 0.00000180. The molecular formula is C30H47N7O6. The Morgan fingerprint density at radius 2 is 1.77 bits per heavy atom. The van der Waals surface area contributed by atoms with E-state index in [-0.39, 0.29) is 18.0 Å². The Morgan fingerprint density at radius 3 is 2.47 bits per heavy atom. The molecule has 2 saturated carbocycles. The fourth-order valence-corrected chi connectivity index (χ4v) is 6.31. The molecule has 4 heterocycles. The molecule has 238 valence electrons. The maximum atomic E-state index is 12.5. The number of hydrogen-bond donors (Lipinski definition) is 4. The van der Waals surface area contributed by atoms with Crippen LogP contribution in [0.1, 0.15) is 90.1 Å². The average molecular weight is 602 g/mol. The standard InChI is InChI=1S/C28H41N7O6.C2H6/c29-24-20-25(35(15-30-20)27-22(37)21(36)23(41-27)26(38)31-18-8-9-18)33-19(32-24)7-3-6-16-10-12-34(13-11-16)28(39)40-14-17-4-1-2-5-17;1-2/h15-18,21-23,27,36-37H,1-14H2,(H,31,38)(H2,29,32,33);1-2H3/t21?,22-,23-,27+;/m0./s1. The van der Waals surface area contributed by atoms with Crippen LogP contribution >= 0.6 is 0 Å². The summed E-state index contributed by atoms with van der Waals surface area (Å²) in [6.45, 7) is 5.99. The Morgan fingerprint density at radius 1 is 1.05 bits per heavy atom. The maximum absolute atomic E-state index is 12.5. The van der Waals surface area contributed by atoms with Gasteiger partial charge >= 0.3 is 6.09 Å². The molecule has 4 aliphatic rings. The van der Waals surface area contributed by atoms with Crippen molar-refractivity contribution < 1.29 is 29.3 Å². The third kappa shape index (κ3) is 7.38. The van der Waals surface area contributed by atoms with Crippen molar-refractivity contribution in [1.29, 1.82) is 0 Å². The van der Waals surface area contributed by atoms with Crippen LogP contribution in [0.2, 0.25) is 0 Å². The van der Waals surface area contributed by atoms with Gasteiger partial charge in [0.1, 0.15) is 23.5 Å². The number of rotatable bonds is 9. The molecule has 4 atom stereocenters. The third-order valence-corrected chi connectivity index (χ3v) is 8.99. The van der Waals surface area contributed by atoms with E-state index in [1.165, 1.54) is 36.6 Å². The number of aryl methyl sites for hydroxylation is 1. The average Bonchev–Trinajstić information content (AvgIpc) is 3.37. The molecular weight excluding hydrogens is 554 g/mol. The monoisotopic (exact) mass is 601 g/mol. The van der Waals surface area contributed by atoms with Crippen molar-refractivity contribution in [2.75, 3.05) is 25.4 Å². The van der Waals surface area contributed by atoms with Crippen LogP contribution in [0, 0.1) is 11.8 Å². The normalized spacial score (nSPS) is 26.4. The van der Waals surface area contributed by atoms with E-state index < -0.39 is 30.4 Å². The van der Waals surface area contributed by atoms with E-state index in [2.05, 4.69) is 20.3 Å². The molecule has 13 heteroatoms. The van der Waals surface area contributed by atoms with Gasteiger partial charge in [-0.3, -0.25) is 9.36 Å². The molecule has 0 aromatic carbocycles. The molecule has 2 aromatic rings. The van der Waals surface area contributed by atoms with Crippen molar-refractivity contribution in [3.63, 3.8) is 0 Å². The van der Waals surface area contributed by atoms with E-state index >= 15 is 0 Å². The zero-order valence-corrected chi connectivity index (χ0v) is 25.4. The van der Waals surface area contributed by atoms with Crippen LogP contribution in [0.5, 0.6) is 0 Å². The summed E-state index contributed by atoms with van der Waals surface area (Å²) < 4.78 is 12.9. The fraction of sp³-hybridized carbons (Fsp3) is 0.767. The lowest BCUT2D eigenvalue weighted by Gasteiger charge is -2.31. The smallest absolute Gasteiger partial charge is 0.409 e. The Bertz CT molecular complexity index is 1240. The zero-order chi connectivity index (χ0) is 30.5. The number of nitrogens with zero attached hydrogens (tertiary/aromatic N) is 5. The van der Waals surface area contributed by atoms with E-state index in [0.29, 0.717) is 41.9 Å². The maximum Gasteiger partial charge on any atom is 0.409 e. The SMILES string of the molecule is CC.Nc1nc(CCCC2CCN(C(=O)OCC3CCCC3)CC2)nc2c1ncn2[C@@H]1O[C@H](C(=O)NC2CC2)C(O)[C@@H]1O. The molecule has 4 fully saturated rings. The van der Waals surface area contributed by atoms with Gasteiger partial charge < -0.3 is 35.6 Å². The first-order valence-corrected chi connectivity index (χ1v) is 16.1. The van der Waals surface area contributed by atoms with Crippen molar-refractivity contribution in [2.45, 2.75) is 115 Å². The molecule has 0 bridgehead atoms. The zero-order valence-electron chi connectivity index (χ0n) is 25.4. The van der Waals surface area contributed by atoms with Crippen LogP contribution in [-0.2, 0) is 20.7 Å². The van der Waals surface area contributed by atoms with Gasteiger partial charge in [-0.2, -0.15) is 0 Å². The van der Waals surface area contributed by atoms with E-state index in [9.17, 15) is 19.8 Å². The number of nitrogen functional groups attached to an aromatic ring is 1. The van der Waals surface area contributed by atoms with Crippen molar-refractivity contribution in [1.82, 2.24) is 29.7 Å². The number of piperidine rings is 1. The quantitative estimate of drug-likeness (QED) is 0.334. The van der Waals surface area contributed by atoms with Crippen molar-refractivity contribution in [3.05, 3.63) is 12.2 Å². The number of aliphatic hydroxyl groups is 2. The van der Waals surface area contributed by atoms with E-state index in [1.54, 1.807) is 0 Å². The highest BCUT2D eigenvalue weighted by atomic mass is 16.6. The molecule has 0 spiro atoms. The summed E-state index contributed by atoms with van der Waals surface area (Å²) in [4.78, 5) is 40.2. The summed E-state index contributed by atoms with van der Waals surface area (Å²) in [7, 11) is 0. The topological polar surface area (TPSA) is 178 Å². The number of fused-ring (bicyclic) bond motifs is 1. The van der Waals surface area contributed by atoms with Gasteiger partial charge in [0.05, 0.1) is 12.9 Å². The second-order valence-corrected chi connectivity index (χ2v) is 12.1. The second-order valence-electron chi connectivity index (χ2n) is 12.1. The number of ether oxygens (including phenoxy) is 2. The number of nitrogens with two attached hydrogens (primary N) is 1. The predicted molar refractivity (Wildman–Crippen MR) is 159 cm³/mol. The number of carbonyl (C=O) groups excluding carboxylic acids is 2. The first kappa shape index (κ1) is 31.4. The van der Waals surface area contributed by atoms with Gasteiger partial charge in [0.2, 0.25) is 0 Å². The highest BCUT2D eigenvalue weighted by molar-refractivity contribution is 5.83. The first-order valence-electron chi connectivity index (χ1n) is 16.1. The molecule has 2 saturated heterocycles. The molecule has 13 nitrogen and oxygen atoms in total. The minimum atomic E-state index is -1.38. The molecule has 2 amide bonds. The number of likely N-dealkylation sites (tertiary alicyclic amines) is 1. The van der Waals surface area contributed by atoms with E-state index in [1.807, 2.05) is 18.7 Å². The molecule has 2 aromatic heterocycles. The van der Waals surface area contributed by atoms with Crippen molar-refractivity contribution >= 4 is 29.0 Å². The molecule has 43 heavy (non-hydrogen) atoms. The molecule has 6 rings (SSSR count). The van der Waals surface area contributed by atoms with Crippen molar-refractivity contribution in [3.8, 4) is 0 Å². The lowest BCUT2D eigenvalue weighted by molar-refractivity contribution is -0.137. The molecule has 2 aliphatic heterocycles. The summed E-state index contributed by atoms with van der Waals surface area (Å²) in [6, 6.07) is 0.106. The number of aromatic nitrogens is 4. The number of aliphatic hydroxyl groups excluding tert-OH is 2. The van der Waals surface area contributed by atoms with Crippen LogP contribution in [0.4, 0.5) is 10.6 Å². The van der Waals surface area contributed by atoms with Crippen LogP contribution in [-0.4, -0.2) is 90.7 Å². The van der Waals surface area contributed by atoms with Gasteiger partial charge in [0.15, 0.2) is 23.8 Å². The summed E-state index contributed by atoms with van der Waals surface area (Å²) in [6.07, 6.45) is 7.28. The minimum Gasteiger partial charge on any atom is -0.449 e. The van der Waals surface area contributed by atoms with E-state index in [0.717, 1.165) is 51.6 Å². The largest absolute Gasteiger partial charge is 0.449 e. The third-order valence-electron chi connectivity index (χ3n) is 8.99. The van der Waals surface area contributed by atoms with Gasteiger partial charge in [-0.15, -0.1) is 0 Å². The van der Waals surface area contributed by atoms with Gasteiger partial charge in [0.25, 0.3) is 5.91 Å². The number of nitrogens with one attached hydrogen (secondary N) is 1. The van der Waals surface area contributed by atoms with Gasteiger partial charge in [-0.05, 0) is 63.2 Å². The molecule has 1 unspecified atom stereocenters. The number of amides is 2. The Hall–Kier alpha value is -3.03. The summed E-state index contributed by atoms with van der Waals surface area (Å²) in [5, 5.41) is 24.0. The highest BCUT2D eigenvalue weighted by Crippen LogP contribution is 2.33. The van der Waals surface area contributed by atoms with Crippen LogP contribution < -0.4 is 11.1 Å². The summed E-state index contributed by atoms with van der Waals surface area (Å²) >= 11 is 0. The number of hydrogen-bond acceptors (Lipinski definition) is 10. The Labute approximate surface area is 252 Å². The van der Waals surface area contributed by atoms with Crippen molar-refractivity contribution in [2.24, 2.45) is 11.8 Å². The number of carbonyl (C=O) groups is 2. The summed E-state index contributed by atoms with van der Waals surface area (Å²) in [5.74, 6) is 1.39. The predicted octanol–water partition coefficient (Wildman–Crippen LogP) is 2.69. The second kappa shape index (κ2) is 14.2. The fourth-order valence-electron chi connectivity index (χ4n) is 6.31. The van der Waals surface area contributed by atoms with Crippen LogP contribution in [0.3, 0.4) is 0 Å². The minimum absolute atomic E-state index is 0.106. The van der Waals surface area contributed by atoms with Crippen LogP contribution in [0.15, 0.2) is 6.33 Å².